The van der Waals surface area contributed by atoms with Crippen LogP contribution >= 0.6 is 0 Å². The van der Waals surface area contributed by atoms with Gasteiger partial charge in [-0.2, -0.15) is 0 Å². The lowest BCUT2D eigenvalue weighted by molar-refractivity contribution is -0.122. The molecule has 0 aromatic heterocycles. The zero-order chi connectivity index (χ0) is 16.5. The smallest absolute Gasteiger partial charge is 0.265 e. The summed E-state index contributed by atoms with van der Waals surface area (Å²) in [4.78, 5) is 12.5. The maximum Gasteiger partial charge on any atom is 0.265 e. The third kappa shape index (κ3) is 2.62. The van der Waals surface area contributed by atoms with E-state index in [0.717, 1.165) is 23.9 Å². The number of benzene rings is 3. The first kappa shape index (κ1) is 14.8. The number of nitrogens with one attached hydrogen (secondary N) is 1. The lowest BCUT2D eigenvalue weighted by Gasteiger charge is -2.16. The zero-order valence-electron chi connectivity index (χ0n) is 13.6. The number of aryl methyl sites for hydroxylation is 2. The number of para-hydroxylation sites is 1. The number of carbonyl (C=O) groups excluding carboxylic acids is 1. The van der Waals surface area contributed by atoms with E-state index in [4.69, 9.17) is 4.74 Å². The van der Waals surface area contributed by atoms with Gasteiger partial charge in [0.25, 0.3) is 5.91 Å². The van der Waals surface area contributed by atoms with Crippen molar-refractivity contribution in [3.63, 3.8) is 0 Å². The van der Waals surface area contributed by atoms with Gasteiger partial charge in [-0.3, -0.25) is 4.79 Å². The molecule has 0 unspecified atom stereocenters. The highest BCUT2D eigenvalue weighted by Crippen LogP contribution is 2.35. The maximum atomic E-state index is 12.5. The van der Waals surface area contributed by atoms with Crippen LogP contribution in [0.2, 0.25) is 0 Å². The van der Waals surface area contributed by atoms with Gasteiger partial charge in [0, 0.05) is 11.1 Å². The van der Waals surface area contributed by atoms with Crippen molar-refractivity contribution in [1.82, 2.24) is 0 Å². The molecule has 1 aliphatic rings. The van der Waals surface area contributed by atoms with E-state index in [1.807, 2.05) is 36.4 Å². The molecule has 1 amide bonds. The minimum absolute atomic E-state index is 0.141. The number of ether oxygens (including phenoxy) is 1. The second-order valence-electron chi connectivity index (χ2n) is 6.17. The molecule has 3 heteroatoms. The fourth-order valence-corrected chi connectivity index (χ4v) is 3.35. The van der Waals surface area contributed by atoms with Gasteiger partial charge in [0.15, 0.2) is 6.10 Å². The lowest BCUT2D eigenvalue weighted by atomic mass is 10.0. The van der Waals surface area contributed by atoms with Crippen molar-refractivity contribution in [2.45, 2.75) is 25.9 Å². The quantitative estimate of drug-likeness (QED) is 0.777. The minimum Gasteiger partial charge on any atom is -0.481 e. The van der Waals surface area contributed by atoms with Crippen molar-refractivity contribution in [2.24, 2.45) is 0 Å². The van der Waals surface area contributed by atoms with E-state index in [2.05, 4.69) is 29.6 Å². The largest absolute Gasteiger partial charge is 0.481 e. The van der Waals surface area contributed by atoms with Crippen molar-refractivity contribution in [3.05, 3.63) is 71.8 Å². The van der Waals surface area contributed by atoms with Crippen LogP contribution in [0.15, 0.2) is 60.7 Å². The summed E-state index contributed by atoms with van der Waals surface area (Å²) in [7, 11) is 0. The Morgan fingerprint density at radius 2 is 1.71 bits per heavy atom. The molecule has 120 valence electrons. The molecule has 3 aromatic rings. The zero-order valence-corrected chi connectivity index (χ0v) is 13.6. The number of carbonyl (C=O) groups is 1. The normalized spacial score (nSPS) is 13.7. The molecule has 0 bridgehead atoms. The number of hydrogen-bond acceptors (Lipinski definition) is 2. The average Bonchev–Trinajstić information content (AvgIpc) is 3.03. The lowest BCUT2D eigenvalue weighted by Crippen LogP contribution is -2.30. The maximum absolute atomic E-state index is 12.5. The predicted molar refractivity (Wildman–Crippen MR) is 96.5 cm³/mol. The first-order valence-corrected chi connectivity index (χ1v) is 8.28. The van der Waals surface area contributed by atoms with Crippen LogP contribution in [-0.4, -0.2) is 12.0 Å². The van der Waals surface area contributed by atoms with E-state index in [1.165, 1.54) is 16.5 Å². The molecule has 4 rings (SSSR count). The van der Waals surface area contributed by atoms with Crippen LogP contribution in [0.25, 0.3) is 10.8 Å². The van der Waals surface area contributed by atoms with Gasteiger partial charge in [-0.25, -0.2) is 0 Å². The summed E-state index contributed by atoms with van der Waals surface area (Å²) >= 11 is 0. The van der Waals surface area contributed by atoms with Gasteiger partial charge in [-0.05, 0) is 54.5 Å². The monoisotopic (exact) mass is 317 g/mol. The van der Waals surface area contributed by atoms with E-state index >= 15 is 0 Å². The predicted octanol–water partition coefficient (Wildman–Crippen LogP) is 4.34. The molecular formula is C21H19NO2. The third-order valence-electron chi connectivity index (χ3n) is 4.56. The van der Waals surface area contributed by atoms with Crippen molar-refractivity contribution in [3.8, 4) is 5.75 Å². The number of anilines is 1. The van der Waals surface area contributed by atoms with E-state index in [9.17, 15) is 4.79 Å². The van der Waals surface area contributed by atoms with Crippen molar-refractivity contribution in [1.29, 1.82) is 0 Å². The SMILES string of the molecule is C[C@@H](Oc1ccccc1)C(=O)Nc1ccc2c3c(cccc13)CC2. The molecular weight excluding hydrogens is 298 g/mol. The molecule has 1 aliphatic carbocycles. The van der Waals surface area contributed by atoms with Gasteiger partial charge in [-0.15, -0.1) is 0 Å². The summed E-state index contributed by atoms with van der Waals surface area (Å²) in [5.41, 5.74) is 3.59. The van der Waals surface area contributed by atoms with Gasteiger partial charge in [0.05, 0.1) is 0 Å². The summed E-state index contributed by atoms with van der Waals surface area (Å²) < 4.78 is 5.71. The fraction of sp³-hybridized carbons (Fsp3) is 0.190. The highest BCUT2D eigenvalue weighted by Gasteiger charge is 2.19. The van der Waals surface area contributed by atoms with Crippen molar-refractivity contribution < 1.29 is 9.53 Å². The molecule has 3 aromatic carbocycles. The molecule has 0 saturated carbocycles. The second kappa shape index (κ2) is 6.00. The summed E-state index contributed by atoms with van der Waals surface area (Å²) in [6.45, 7) is 1.77. The topological polar surface area (TPSA) is 38.3 Å². The summed E-state index contributed by atoms with van der Waals surface area (Å²) in [5.74, 6) is 0.554. The van der Waals surface area contributed by atoms with Crippen LogP contribution < -0.4 is 10.1 Å². The molecule has 0 aliphatic heterocycles. The van der Waals surface area contributed by atoms with Gasteiger partial charge in [0.2, 0.25) is 0 Å². The fourth-order valence-electron chi connectivity index (χ4n) is 3.35. The van der Waals surface area contributed by atoms with Crippen LogP contribution in [0, 0.1) is 0 Å². The Labute approximate surface area is 141 Å². The third-order valence-corrected chi connectivity index (χ3v) is 4.56. The highest BCUT2D eigenvalue weighted by molar-refractivity contribution is 6.06. The molecule has 1 N–H and O–H groups in total. The van der Waals surface area contributed by atoms with E-state index in [0.29, 0.717) is 5.75 Å². The first-order valence-electron chi connectivity index (χ1n) is 8.28. The Hall–Kier alpha value is -2.81. The summed E-state index contributed by atoms with van der Waals surface area (Å²) in [6, 6.07) is 19.8. The van der Waals surface area contributed by atoms with E-state index in [-0.39, 0.29) is 5.91 Å². The first-order chi connectivity index (χ1) is 11.7. The molecule has 0 saturated heterocycles. The van der Waals surface area contributed by atoms with E-state index < -0.39 is 6.10 Å². The highest BCUT2D eigenvalue weighted by atomic mass is 16.5. The van der Waals surface area contributed by atoms with Crippen molar-refractivity contribution >= 4 is 22.4 Å². The Morgan fingerprint density at radius 1 is 0.958 bits per heavy atom. The van der Waals surface area contributed by atoms with Crippen LogP contribution in [0.5, 0.6) is 5.75 Å². The molecule has 0 fully saturated rings. The van der Waals surface area contributed by atoms with Crippen LogP contribution in [0.1, 0.15) is 18.1 Å². The van der Waals surface area contributed by atoms with Gasteiger partial charge < -0.3 is 10.1 Å². The Morgan fingerprint density at radius 3 is 2.50 bits per heavy atom. The van der Waals surface area contributed by atoms with Crippen LogP contribution in [-0.2, 0) is 17.6 Å². The second-order valence-corrected chi connectivity index (χ2v) is 6.17. The number of amides is 1. The van der Waals surface area contributed by atoms with Gasteiger partial charge in [-0.1, -0.05) is 42.5 Å². The molecule has 0 heterocycles. The standard InChI is InChI=1S/C21H19NO2/c1-14(24-17-7-3-2-4-8-17)21(23)22-19-13-12-16-11-10-15-6-5-9-18(19)20(15)16/h2-9,12-14H,10-11H2,1H3,(H,22,23)/t14-/m1/s1. The summed E-state index contributed by atoms with van der Waals surface area (Å²) in [6.07, 6.45) is 1.60. The van der Waals surface area contributed by atoms with E-state index in [1.54, 1.807) is 6.92 Å². The Kier molecular flexibility index (Phi) is 3.69. The molecule has 0 spiro atoms. The number of hydrogen-bond donors (Lipinski definition) is 1. The summed E-state index contributed by atoms with van der Waals surface area (Å²) in [5, 5.41) is 5.43. The van der Waals surface area contributed by atoms with Gasteiger partial charge in [0.1, 0.15) is 5.75 Å². The minimum atomic E-state index is -0.560. The molecule has 1 atom stereocenters. The Bertz CT molecular complexity index is 892. The van der Waals surface area contributed by atoms with Gasteiger partial charge >= 0.3 is 0 Å². The molecule has 3 nitrogen and oxygen atoms in total. The molecule has 24 heavy (non-hydrogen) atoms. The molecule has 0 radical (unpaired) electrons. The average molecular weight is 317 g/mol. The van der Waals surface area contributed by atoms with Crippen LogP contribution in [0.4, 0.5) is 5.69 Å². The van der Waals surface area contributed by atoms with Crippen LogP contribution in [0.3, 0.4) is 0 Å². The Balaban J connectivity index is 1.57. The van der Waals surface area contributed by atoms with Crippen molar-refractivity contribution in [2.75, 3.05) is 5.32 Å². The number of rotatable bonds is 4.